The number of ether oxygens (including phenoxy) is 1. The van der Waals surface area contributed by atoms with Crippen LogP contribution in [0.3, 0.4) is 0 Å². The molecule has 1 amide bonds. The molecule has 0 bridgehead atoms. The summed E-state index contributed by atoms with van der Waals surface area (Å²) in [5.41, 5.74) is 8.11. The van der Waals surface area contributed by atoms with Crippen LogP contribution in [0.25, 0.3) is 32.5 Å². The number of nitrogens with zero attached hydrogens (tertiary/aromatic N) is 5. The molecule has 9 nitrogen and oxygen atoms in total. The number of anilines is 1. The van der Waals surface area contributed by atoms with Crippen molar-refractivity contribution in [2.45, 2.75) is 38.9 Å². The van der Waals surface area contributed by atoms with Gasteiger partial charge in [-0.3, -0.25) is 14.6 Å². The maximum absolute atomic E-state index is 11.9. The second kappa shape index (κ2) is 9.92. The number of carbonyl (C=O) groups is 1. The van der Waals surface area contributed by atoms with Gasteiger partial charge in [0.15, 0.2) is 11.6 Å². The van der Waals surface area contributed by atoms with Gasteiger partial charge < -0.3 is 20.4 Å². The van der Waals surface area contributed by atoms with Crippen molar-refractivity contribution in [1.82, 2.24) is 24.8 Å². The van der Waals surface area contributed by atoms with E-state index in [2.05, 4.69) is 50.9 Å². The molecule has 4 aromatic rings. The van der Waals surface area contributed by atoms with Crippen LogP contribution in [0.1, 0.15) is 25.6 Å². The van der Waals surface area contributed by atoms with E-state index in [4.69, 9.17) is 20.4 Å². The van der Waals surface area contributed by atoms with Crippen LogP contribution in [-0.4, -0.2) is 88.2 Å². The zero-order chi connectivity index (χ0) is 26.4. The third kappa shape index (κ3) is 4.55. The Labute approximate surface area is 226 Å². The van der Waals surface area contributed by atoms with Crippen LogP contribution in [0, 0.1) is 0 Å². The third-order valence-corrected chi connectivity index (χ3v) is 9.12. The van der Waals surface area contributed by atoms with Crippen molar-refractivity contribution in [3.63, 3.8) is 0 Å². The monoisotopic (exact) mass is 533 g/mol. The van der Waals surface area contributed by atoms with Gasteiger partial charge in [0, 0.05) is 66.8 Å². The Bertz CT molecular complexity index is 1470. The number of nitrogens with two attached hydrogens (primary N) is 1. The van der Waals surface area contributed by atoms with Crippen LogP contribution in [-0.2, 0) is 16.1 Å². The van der Waals surface area contributed by atoms with Gasteiger partial charge in [0.1, 0.15) is 0 Å². The summed E-state index contributed by atoms with van der Waals surface area (Å²) in [5, 5.41) is 1.13. The summed E-state index contributed by atoms with van der Waals surface area (Å²) >= 11 is 1.79. The van der Waals surface area contributed by atoms with Crippen molar-refractivity contribution in [2.24, 2.45) is 5.73 Å². The lowest BCUT2D eigenvalue weighted by molar-refractivity contribution is -0.129. The molecule has 2 aliphatic rings. The lowest BCUT2D eigenvalue weighted by atomic mass is 10.0. The maximum Gasteiger partial charge on any atom is 0.237 e. The fraction of sp³-hybridized carbons (Fsp3) is 0.464. The summed E-state index contributed by atoms with van der Waals surface area (Å²) in [4.78, 5) is 33.8. The number of fused-ring (bicyclic) bond motifs is 2. The third-order valence-electron chi connectivity index (χ3n) is 8.02. The number of morpholine rings is 1. The van der Waals surface area contributed by atoms with Gasteiger partial charge in [-0.15, -0.1) is 11.3 Å². The van der Waals surface area contributed by atoms with Gasteiger partial charge in [-0.2, -0.15) is 0 Å². The Kier molecular flexibility index (Phi) is 6.59. The van der Waals surface area contributed by atoms with Gasteiger partial charge >= 0.3 is 0 Å². The number of hydrogen-bond donors (Lipinski definition) is 2. The molecule has 2 fully saturated rings. The minimum atomic E-state index is -0.623. The summed E-state index contributed by atoms with van der Waals surface area (Å²) in [6.45, 7) is 12.5. The van der Waals surface area contributed by atoms with Gasteiger partial charge in [0.05, 0.1) is 35.0 Å². The van der Waals surface area contributed by atoms with Crippen molar-refractivity contribution in [1.29, 1.82) is 0 Å². The standard InChI is InChI=1S/C28H35N7O2S/c1-18-17-37-13-12-35(18)26-24-23(31-25(32-26)21-15-30-22-7-5-4-6-20(21)22)14-19(38-24)16-33-8-10-34(11-9-33)28(2,3)27(29)36/h4-7,14-15,18,30H,8-13,16-17H2,1-3H3,(H2,29,36)/t18-/m0/s1. The van der Waals surface area contributed by atoms with E-state index >= 15 is 0 Å². The number of piperazine rings is 1. The minimum Gasteiger partial charge on any atom is -0.377 e. The molecular formula is C28H35N7O2S. The van der Waals surface area contributed by atoms with Crippen molar-refractivity contribution in [2.75, 3.05) is 50.8 Å². The number of nitrogens with one attached hydrogen (secondary N) is 1. The van der Waals surface area contributed by atoms with Crippen molar-refractivity contribution in [3.8, 4) is 11.4 Å². The predicted molar refractivity (Wildman–Crippen MR) is 152 cm³/mol. The molecule has 3 N–H and O–H groups in total. The SMILES string of the molecule is C[C@H]1COCCN1c1nc(-c2c[nH]c3ccccc23)nc2cc(CN3CCN(C(C)(C)C(N)=O)CC3)sc12. The quantitative estimate of drug-likeness (QED) is 0.391. The van der Waals surface area contributed by atoms with Crippen molar-refractivity contribution in [3.05, 3.63) is 41.4 Å². The molecular weight excluding hydrogens is 498 g/mol. The van der Waals surface area contributed by atoms with Gasteiger partial charge in [0.25, 0.3) is 0 Å². The van der Waals surface area contributed by atoms with E-state index in [0.29, 0.717) is 13.2 Å². The predicted octanol–water partition coefficient (Wildman–Crippen LogP) is 3.45. The smallest absolute Gasteiger partial charge is 0.237 e. The normalized spacial score (nSPS) is 20.0. The van der Waals surface area contributed by atoms with E-state index in [1.165, 1.54) is 4.88 Å². The van der Waals surface area contributed by atoms with Crippen LogP contribution in [0.2, 0.25) is 0 Å². The molecule has 0 radical (unpaired) electrons. The molecule has 2 aliphatic heterocycles. The highest BCUT2D eigenvalue weighted by molar-refractivity contribution is 7.19. The van der Waals surface area contributed by atoms with Crippen LogP contribution >= 0.6 is 11.3 Å². The molecule has 2 saturated heterocycles. The van der Waals surface area contributed by atoms with Gasteiger partial charge in [-0.1, -0.05) is 18.2 Å². The number of rotatable bonds is 6. The number of H-pyrrole nitrogens is 1. The Morgan fingerprint density at radius 1 is 1.18 bits per heavy atom. The second-order valence-corrected chi connectivity index (χ2v) is 12.0. The molecule has 0 saturated carbocycles. The Morgan fingerprint density at radius 2 is 1.97 bits per heavy atom. The van der Waals surface area contributed by atoms with Crippen LogP contribution in [0.4, 0.5) is 5.82 Å². The first-order valence-electron chi connectivity index (χ1n) is 13.3. The molecule has 1 atom stereocenters. The minimum absolute atomic E-state index is 0.241. The Hall–Kier alpha value is -3.05. The van der Waals surface area contributed by atoms with E-state index in [0.717, 1.165) is 77.6 Å². The summed E-state index contributed by atoms with van der Waals surface area (Å²) in [7, 11) is 0. The average molecular weight is 534 g/mol. The molecule has 0 unspecified atom stereocenters. The van der Waals surface area contributed by atoms with E-state index in [1.807, 2.05) is 26.1 Å². The topological polar surface area (TPSA) is 104 Å². The number of hydrogen-bond acceptors (Lipinski definition) is 8. The van der Waals surface area contributed by atoms with Gasteiger partial charge in [0.2, 0.25) is 5.91 Å². The highest BCUT2D eigenvalue weighted by Crippen LogP contribution is 2.37. The maximum atomic E-state index is 11.9. The lowest BCUT2D eigenvalue weighted by Crippen LogP contribution is -2.59. The number of aromatic amines is 1. The molecule has 5 heterocycles. The summed E-state index contributed by atoms with van der Waals surface area (Å²) in [6, 6.07) is 10.8. The summed E-state index contributed by atoms with van der Waals surface area (Å²) in [5.74, 6) is 1.47. The zero-order valence-electron chi connectivity index (χ0n) is 22.2. The summed E-state index contributed by atoms with van der Waals surface area (Å²) in [6.07, 6.45) is 2.01. The van der Waals surface area contributed by atoms with Gasteiger partial charge in [-0.25, -0.2) is 9.97 Å². The van der Waals surface area contributed by atoms with Crippen molar-refractivity contribution >= 4 is 44.2 Å². The largest absolute Gasteiger partial charge is 0.377 e. The Morgan fingerprint density at radius 3 is 2.74 bits per heavy atom. The van der Waals surface area contributed by atoms with Gasteiger partial charge in [-0.05, 0) is 32.9 Å². The van der Waals surface area contributed by atoms with E-state index in [9.17, 15) is 4.79 Å². The fourth-order valence-corrected chi connectivity index (χ4v) is 6.64. The van der Waals surface area contributed by atoms with Crippen LogP contribution in [0.15, 0.2) is 36.5 Å². The molecule has 0 aliphatic carbocycles. The van der Waals surface area contributed by atoms with Crippen molar-refractivity contribution < 1.29 is 9.53 Å². The fourth-order valence-electron chi connectivity index (χ4n) is 5.50. The average Bonchev–Trinajstić information content (AvgIpc) is 3.52. The van der Waals surface area contributed by atoms with E-state index < -0.39 is 5.54 Å². The highest BCUT2D eigenvalue weighted by Gasteiger charge is 2.35. The van der Waals surface area contributed by atoms with Crippen LogP contribution in [0.5, 0.6) is 0 Å². The second-order valence-electron chi connectivity index (χ2n) is 10.8. The van der Waals surface area contributed by atoms with E-state index in [-0.39, 0.29) is 11.9 Å². The first-order chi connectivity index (χ1) is 18.3. The molecule has 38 heavy (non-hydrogen) atoms. The number of aromatic nitrogens is 3. The molecule has 1 aromatic carbocycles. The number of thiophene rings is 1. The lowest BCUT2D eigenvalue weighted by Gasteiger charge is -2.42. The Balaban J connectivity index is 1.32. The molecule has 0 spiro atoms. The van der Waals surface area contributed by atoms with Crippen LogP contribution < -0.4 is 10.6 Å². The number of amides is 1. The first kappa shape index (κ1) is 25.2. The first-order valence-corrected chi connectivity index (χ1v) is 14.1. The number of carbonyl (C=O) groups excluding carboxylic acids is 1. The molecule has 3 aromatic heterocycles. The number of benzene rings is 1. The van der Waals surface area contributed by atoms with E-state index in [1.54, 1.807) is 11.3 Å². The molecule has 10 heteroatoms. The number of primary amides is 1. The molecule has 200 valence electrons. The zero-order valence-corrected chi connectivity index (χ0v) is 23.1. The number of para-hydroxylation sites is 1. The highest BCUT2D eigenvalue weighted by atomic mass is 32.1. The molecule has 6 rings (SSSR count). The summed E-state index contributed by atoms with van der Waals surface area (Å²) < 4.78 is 6.86.